The molecule has 0 spiro atoms. The maximum Gasteiger partial charge on any atom is 0.273 e. The van der Waals surface area contributed by atoms with Gasteiger partial charge in [-0.2, -0.15) is 4.31 Å². The van der Waals surface area contributed by atoms with Gasteiger partial charge in [0, 0.05) is 49.4 Å². The first-order valence-electron chi connectivity index (χ1n) is 11.5. The number of carbonyl (C=O) groups excluding carboxylic acids is 1. The van der Waals surface area contributed by atoms with Crippen molar-refractivity contribution in [2.75, 3.05) is 26.7 Å². The van der Waals surface area contributed by atoms with Crippen molar-refractivity contribution >= 4 is 15.9 Å². The number of aliphatic hydroxyl groups excluding tert-OH is 1. The number of benzene rings is 1. The molecule has 2 heterocycles. The lowest BCUT2D eigenvalue weighted by Crippen LogP contribution is -2.50. The Morgan fingerprint density at radius 1 is 1.31 bits per heavy atom. The highest BCUT2D eigenvalue weighted by atomic mass is 32.2. The molecule has 35 heavy (non-hydrogen) atoms. The molecule has 1 aliphatic rings. The lowest BCUT2D eigenvalue weighted by Gasteiger charge is -2.37. The average Bonchev–Trinajstić information content (AvgIpc) is 2.84. The topological polar surface area (TPSA) is 113 Å². The largest absolute Gasteiger partial charge is 0.487 e. The molecule has 1 aromatic heterocycles. The summed E-state index contributed by atoms with van der Waals surface area (Å²) in [4.78, 5) is 22.4. The van der Waals surface area contributed by atoms with Gasteiger partial charge in [0.1, 0.15) is 22.4 Å². The Morgan fingerprint density at radius 3 is 2.69 bits per heavy atom. The van der Waals surface area contributed by atoms with E-state index in [2.05, 4.69) is 21.8 Å². The lowest BCUT2D eigenvalue weighted by atomic mass is 10.0. The van der Waals surface area contributed by atoms with Crippen molar-refractivity contribution in [2.24, 2.45) is 11.8 Å². The lowest BCUT2D eigenvalue weighted by molar-refractivity contribution is 0.0559. The summed E-state index contributed by atoms with van der Waals surface area (Å²) in [5.41, 5.74) is 0.837. The average molecular weight is 501 g/mol. The van der Waals surface area contributed by atoms with E-state index in [1.165, 1.54) is 33.9 Å². The molecule has 1 aromatic carbocycles. The molecule has 0 bridgehead atoms. The van der Waals surface area contributed by atoms with Crippen molar-refractivity contribution in [3.63, 3.8) is 0 Å². The molecule has 1 aliphatic heterocycles. The Labute approximate surface area is 207 Å². The minimum absolute atomic E-state index is 0.00713. The number of hydrogen-bond donors (Lipinski definition) is 1. The second kappa shape index (κ2) is 11.2. The van der Waals surface area contributed by atoms with Crippen molar-refractivity contribution in [3.05, 3.63) is 48.0 Å². The summed E-state index contributed by atoms with van der Waals surface area (Å²) in [6.07, 6.45) is 3.81. The molecule has 0 radical (unpaired) electrons. The second-order valence-electron chi connectivity index (χ2n) is 9.10. The fourth-order valence-corrected chi connectivity index (χ4v) is 5.53. The van der Waals surface area contributed by atoms with Gasteiger partial charge in [-0.1, -0.05) is 32.6 Å². The Bertz CT molecular complexity index is 1210. The number of amides is 1. The van der Waals surface area contributed by atoms with Gasteiger partial charge in [0.15, 0.2) is 0 Å². The molecule has 0 fully saturated rings. The molecule has 0 saturated carbocycles. The normalized spacial score (nSPS) is 20.4. The van der Waals surface area contributed by atoms with Gasteiger partial charge in [-0.3, -0.25) is 9.78 Å². The molecule has 3 rings (SSSR count). The van der Waals surface area contributed by atoms with E-state index < -0.39 is 22.2 Å². The van der Waals surface area contributed by atoms with E-state index >= 15 is 0 Å². The van der Waals surface area contributed by atoms with Gasteiger partial charge in [0.25, 0.3) is 5.91 Å². The summed E-state index contributed by atoms with van der Waals surface area (Å²) >= 11 is 0. The number of rotatable bonds is 5. The molecule has 1 N–H and O–H groups in total. The van der Waals surface area contributed by atoms with Crippen LogP contribution in [-0.2, 0) is 10.0 Å². The maximum absolute atomic E-state index is 13.5. The summed E-state index contributed by atoms with van der Waals surface area (Å²) in [7, 11) is -2.30. The van der Waals surface area contributed by atoms with E-state index in [-0.39, 0.29) is 53.8 Å². The van der Waals surface area contributed by atoms with Crippen LogP contribution >= 0.6 is 0 Å². The smallest absolute Gasteiger partial charge is 0.273 e. The van der Waals surface area contributed by atoms with Crippen molar-refractivity contribution in [2.45, 2.75) is 44.7 Å². The Morgan fingerprint density at radius 2 is 2.06 bits per heavy atom. The third-order valence-electron chi connectivity index (χ3n) is 5.76. The zero-order valence-corrected chi connectivity index (χ0v) is 21.5. The van der Waals surface area contributed by atoms with E-state index in [0.717, 1.165) is 0 Å². The SMILES string of the molecule is CC(C)C#Cc1ccc2c(c1)O[C@@H](CN(C)C(=O)c1cnccn1)[C@H](C)CN([C@H](C)CO)S2(=O)=O. The van der Waals surface area contributed by atoms with Crippen molar-refractivity contribution in [1.29, 1.82) is 0 Å². The number of sulfonamides is 1. The molecule has 9 nitrogen and oxygen atoms in total. The molecule has 2 aromatic rings. The second-order valence-corrected chi connectivity index (χ2v) is 11.0. The first-order valence-corrected chi connectivity index (χ1v) is 12.9. The molecule has 3 atom stereocenters. The van der Waals surface area contributed by atoms with Crippen LogP contribution in [0, 0.1) is 23.7 Å². The molecular formula is C25H32N4O5S. The van der Waals surface area contributed by atoms with Crippen LogP contribution in [0.3, 0.4) is 0 Å². The summed E-state index contributed by atoms with van der Waals surface area (Å²) in [6.45, 7) is 7.46. The van der Waals surface area contributed by atoms with Gasteiger partial charge in [-0.25, -0.2) is 13.4 Å². The molecule has 10 heteroatoms. The highest BCUT2D eigenvalue weighted by molar-refractivity contribution is 7.89. The quantitative estimate of drug-likeness (QED) is 0.625. The number of fused-ring (bicyclic) bond motifs is 1. The predicted octanol–water partition coefficient (Wildman–Crippen LogP) is 2.02. The zero-order valence-electron chi connectivity index (χ0n) is 20.7. The number of carbonyl (C=O) groups is 1. The number of aliphatic hydroxyl groups is 1. The van der Waals surface area contributed by atoms with E-state index in [1.54, 1.807) is 26.1 Å². The maximum atomic E-state index is 13.5. The third kappa shape index (κ3) is 6.17. The minimum atomic E-state index is -3.94. The summed E-state index contributed by atoms with van der Waals surface area (Å²) in [5, 5.41) is 9.77. The monoisotopic (exact) mass is 500 g/mol. The van der Waals surface area contributed by atoms with E-state index in [1.807, 2.05) is 20.8 Å². The van der Waals surface area contributed by atoms with Crippen LogP contribution < -0.4 is 4.74 Å². The van der Waals surface area contributed by atoms with E-state index in [4.69, 9.17) is 4.74 Å². The highest BCUT2D eigenvalue weighted by Crippen LogP contribution is 2.34. The van der Waals surface area contributed by atoms with Gasteiger partial charge >= 0.3 is 0 Å². The summed E-state index contributed by atoms with van der Waals surface area (Å²) < 4.78 is 34.7. The fourth-order valence-electron chi connectivity index (χ4n) is 3.71. The predicted molar refractivity (Wildman–Crippen MR) is 131 cm³/mol. The highest BCUT2D eigenvalue weighted by Gasteiger charge is 2.38. The first-order chi connectivity index (χ1) is 16.5. The Kier molecular flexibility index (Phi) is 8.48. The van der Waals surface area contributed by atoms with Crippen LogP contribution in [-0.4, -0.2) is 77.5 Å². The minimum Gasteiger partial charge on any atom is -0.487 e. The summed E-state index contributed by atoms with van der Waals surface area (Å²) in [5.74, 6) is 5.83. The number of ether oxygens (including phenoxy) is 1. The first kappa shape index (κ1) is 26.6. The molecule has 0 aliphatic carbocycles. The van der Waals surface area contributed by atoms with Crippen LogP contribution in [0.25, 0.3) is 0 Å². The zero-order chi connectivity index (χ0) is 25.8. The molecule has 1 amide bonds. The molecule has 188 valence electrons. The van der Waals surface area contributed by atoms with Gasteiger partial charge in [-0.15, -0.1) is 0 Å². The Balaban J connectivity index is 2.02. The van der Waals surface area contributed by atoms with Crippen molar-refractivity contribution < 1.29 is 23.1 Å². The number of hydrogen-bond acceptors (Lipinski definition) is 7. The van der Waals surface area contributed by atoms with Gasteiger partial charge in [0.05, 0.1) is 19.3 Å². The van der Waals surface area contributed by atoms with E-state index in [9.17, 15) is 18.3 Å². The molecule has 0 saturated heterocycles. The van der Waals surface area contributed by atoms with Crippen LogP contribution in [0.1, 0.15) is 43.7 Å². The Hall–Kier alpha value is -3.00. The van der Waals surface area contributed by atoms with Crippen LogP contribution in [0.15, 0.2) is 41.7 Å². The third-order valence-corrected chi connectivity index (χ3v) is 7.77. The van der Waals surface area contributed by atoms with Gasteiger partial charge < -0.3 is 14.7 Å². The number of aromatic nitrogens is 2. The van der Waals surface area contributed by atoms with Crippen molar-refractivity contribution in [3.8, 4) is 17.6 Å². The number of likely N-dealkylation sites (N-methyl/N-ethyl adjacent to an activating group) is 1. The standard InChI is InChI=1S/C25H32N4O5S/c1-17(2)6-7-20-8-9-24-22(12-20)34-23(15-28(5)25(31)21-13-26-10-11-27-21)18(3)14-29(19(4)16-30)35(24,32)33/h8-13,17-19,23,30H,14-16H2,1-5H3/t18-,19-,23+/m1/s1. The number of nitrogens with zero attached hydrogens (tertiary/aromatic N) is 4. The van der Waals surface area contributed by atoms with Gasteiger partial charge in [0.2, 0.25) is 10.0 Å². The van der Waals surface area contributed by atoms with Crippen LogP contribution in [0.2, 0.25) is 0 Å². The van der Waals surface area contributed by atoms with Gasteiger partial charge in [-0.05, 0) is 25.1 Å². The summed E-state index contributed by atoms with van der Waals surface area (Å²) in [6, 6.07) is 4.14. The van der Waals surface area contributed by atoms with Crippen LogP contribution in [0.4, 0.5) is 0 Å². The molecular weight excluding hydrogens is 468 g/mol. The fraction of sp³-hybridized carbons (Fsp3) is 0.480. The molecule has 0 unspecified atom stereocenters. The van der Waals surface area contributed by atoms with Crippen LogP contribution in [0.5, 0.6) is 5.75 Å². The van der Waals surface area contributed by atoms with E-state index in [0.29, 0.717) is 5.56 Å². The van der Waals surface area contributed by atoms with Crippen molar-refractivity contribution in [1.82, 2.24) is 19.2 Å².